The van der Waals surface area contributed by atoms with E-state index in [-0.39, 0.29) is 17.7 Å². The Morgan fingerprint density at radius 1 is 1.24 bits per heavy atom. The van der Waals surface area contributed by atoms with E-state index in [1.807, 2.05) is 13.0 Å². The molecular formula is C16H14BrF2NS. The van der Waals surface area contributed by atoms with Crippen molar-refractivity contribution in [2.75, 3.05) is 11.1 Å². The van der Waals surface area contributed by atoms with Gasteiger partial charge in [-0.2, -0.15) is 0 Å². The Hall–Kier alpha value is -1.07. The van der Waals surface area contributed by atoms with Crippen molar-refractivity contribution in [1.29, 1.82) is 0 Å². The van der Waals surface area contributed by atoms with Gasteiger partial charge in [0.05, 0.1) is 10.5 Å². The summed E-state index contributed by atoms with van der Waals surface area (Å²) in [5.41, 5.74) is 2.69. The number of rotatable bonds is 2. The molecule has 1 N–H and O–H groups in total. The summed E-state index contributed by atoms with van der Waals surface area (Å²) in [6.45, 7) is 1.86. The summed E-state index contributed by atoms with van der Waals surface area (Å²) >= 11 is 4.76. The van der Waals surface area contributed by atoms with Crippen molar-refractivity contribution in [3.8, 4) is 0 Å². The number of nitrogens with one attached hydrogen (secondary N) is 1. The monoisotopic (exact) mass is 369 g/mol. The highest BCUT2D eigenvalue weighted by atomic mass is 79.9. The van der Waals surface area contributed by atoms with E-state index < -0.39 is 0 Å². The molecule has 3 rings (SSSR count). The molecule has 0 saturated heterocycles. The molecule has 1 atom stereocenters. The van der Waals surface area contributed by atoms with E-state index in [0.717, 1.165) is 33.9 Å². The lowest BCUT2D eigenvalue weighted by atomic mass is 10.0. The Morgan fingerprint density at radius 2 is 2.05 bits per heavy atom. The molecule has 0 bridgehead atoms. The fourth-order valence-corrected chi connectivity index (χ4v) is 4.01. The van der Waals surface area contributed by atoms with Gasteiger partial charge in [-0.05, 0) is 58.6 Å². The maximum Gasteiger partial charge on any atom is 0.137 e. The Kier molecular flexibility index (Phi) is 4.22. The molecule has 1 nitrogen and oxygen atoms in total. The average Bonchev–Trinajstić information content (AvgIpc) is 2.46. The molecular weight excluding hydrogens is 356 g/mol. The normalized spacial score (nSPS) is 17.4. The number of aryl methyl sites for hydroxylation is 1. The van der Waals surface area contributed by atoms with Crippen LogP contribution >= 0.6 is 27.7 Å². The predicted octanol–water partition coefficient (Wildman–Crippen LogP) is 5.68. The summed E-state index contributed by atoms with van der Waals surface area (Å²) in [5.74, 6) is 0.428. The van der Waals surface area contributed by atoms with Crippen LogP contribution in [0.2, 0.25) is 0 Å². The first-order chi connectivity index (χ1) is 10.1. The topological polar surface area (TPSA) is 12.0 Å². The van der Waals surface area contributed by atoms with E-state index in [1.54, 1.807) is 23.9 Å². The van der Waals surface area contributed by atoms with Crippen LogP contribution in [0.15, 0.2) is 39.7 Å². The van der Waals surface area contributed by atoms with Crippen molar-refractivity contribution >= 4 is 33.4 Å². The Morgan fingerprint density at radius 3 is 2.86 bits per heavy atom. The van der Waals surface area contributed by atoms with E-state index in [0.29, 0.717) is 4.47 Å². The number of fused-ring (bicyclic) bond motifs is 1. The third-order valence-electron chi connectivity index (χ3n) is 3.62. The van der Waals surface area contributed by atoms with Gasteiger partial charge in [-0.3, -0.25) is 0 Å². The van der Waals surface area contributed by atoms with Gasteiger partial charge in [-0.25, -0.2) is 8.78 Å². The van der Waals surface area contributed by atoms with Gasteiger partial charge in [0.25, 0.3) is 0 Å². The Balaban J connectivity index is 1.94. The van der Waals surface area contributed by atoms with E-state index >= 15 is 0 Å². The molecule has 0 aromatic heterocycles. The quantitative estimate of drug-likeness (QED) is 0.730. The highest BCUT2D eigenvalue weighted by molar-refractivity contribution is 9.10. The van der Waals surface area contributed by atoms with Gasteiger partial charge >= 0.3 is 0 Å². The molecule has 0 saturated carbocycles. The van der Waals surface area contributed by atoms with Crippen LogP contribution in [0.5, 0.6) is 0 Å². The van der Waals surface area contributed by atoms with Gasteiger partial charge in [0.2, 0.25) is 0 Å². The van der Waals surface area contributed by atoms with Gasteiger partial charge in [0, 0.05) is 16.3 Å². The first-order valence-electron chi connectivity index (χ1n) is 6.69. The number of hydrogen-bond acceptors (Lipinski definition) is 2. The smallest absolute Gasteiger partial charge is 0.137 e. The molecule has 2 aromatic rings. The first-order valence-corrected chi connectivity index (χ1v) is 8.47. The molecule has 0 fully saturated rings. The molecule has 1 heterocycles. The van der Waals surface area contributed by atoms with Crippen molar-refractivity contribution < 1.29 is 8.78 Å². The van der Waals surface area contributed by atoms with Crippen LogP contribution in [0.1, 0.15) is 23.6 Å². The largest absolute Gasteiger partial charge is 0.378 e. The van der Waals surface area contributed by atoms with E-state index in [1.165, 1.54) is 12.1 Å². The third-order valence-corrected chi connectivity index (χ3v) is 5.39. The second-order valence-corrected chi connectivity index (χ2v) is 7.03. The lowest BCUT2D eigenvalue weighted by Gasteiger charge is -2.27. The Labute approximate surface area is 135 Å². The maximum atomic E-state index is 13.9. The minimum absolute atomic E-state index is 0.0491. The van der Waals surface area contributed by atoms with Crippen molar-refractivity contribution in [2.24, 2.45) is 0 Å². The zero-order valence-electron chi connectivity index (χ0n) is 11.4. The number of thioether (sulfide) groups is 1. The molecule has 1 unspecified atom stereocenters. The van der Waals surface area contributed by atoms with Gasteiger partial charge in [0.1, 0.15) is 11.6 Å². The molecule has 0 spiro atoms. The lowest BCUT2D eigenvalue weighted by Crippen LogP contribution is -2.17. The van der Waals surface area contributed by atoms with Crippen molar-refractivity contribution in [2.45, 2.75) is 24.3 Å². The van der Waals surface area contributed by atoms with Crippen molar-refractivity contribution in [3.05, 3.63) is 57.6 Å². The standard InChI is InChI=1S/C16H14BrF2NS/c1-9-7-13(19)11(17)8-15(9)20-14-5-6-21-16-10(14)3-2-4-12(16)18/h2-4,7-8,14,20H,5-6H2,1H3. The zero-order valence-corrected chi connectivity index (χ0v) is 13.8. The van der Waals surface area contributed by atoms with Gasteiger partial charge in [-0.15, -0.1) is 11.8 Å². The second kappa shape index (κ2) is 5.97. The van der Waals surface area contributed by atoms with Crippen LogP contribution in [-0.4, -0.2) is 5.75 Å². The van der Waals surface area contributed by atoms with Crippen LogP contribution in [0.25, 0.3) is 0 Å². The minimum Gasteiger partial charge on any atom is -0.378 e. The lowest BCUT2D eigenvalue weighted by molar-refractivity contribution is 0.585. The van der Waals surface area contributed by atoms with Crippen LogP contribution in [0.3, 0.4) is 0 Å². The number of halogens is 3. The summed E-state index contributed by atoms with van der Waals surface area (Å²) in [6, 6.07) is 8.47. The molecule has 2 aromatic carbocycles. The summed E-state index contributed by atoms with van der Waals surface area (Å²) in [5, 5.41) is 3.42. The van der Waals surface area contributed by atoms with Crippen LogP contribution in [0, 0.1) is 18.6 Å². The molecule has 110 valence electrons. The van der Waals surface area contributed by atoms with Crippen LogP contribution in [-0.2, 0) is 0 Å². The SMILES string of the molecule is Cc1cc(F)c(Br)cc1NC1CCSc2c(F)cccc21. The van der Waals surface area contributed by atoms with Gasteiger partial charge < -0.3 is 5.32 Å². The zero-order chi connectivity index (χ0) is 15.0. The predicted molar refractivity (Wildman–Crippen MR) is 86.9 cm³/mol. The molecule has 0 aliphatic carbocycles. The highest BCUT2D eigenvalue weighted by Crippen LogP contribution is 2.40. The van der Waals surface area contributed by atoms with Gasteiger partial charge in [0.15, 0.2) is 0 Å². The summed E-state index contributed by atoms with van der Waals surface area (Å²) < 4.78 is 27.8. The van der Waals surface area contributed by atoms with Gasteiger partial charge in [-0.1, -0.05) is 12.1 Å². The van der Waals surface area contributed by atoms with Crippen LogP contribution < -0.4 is 5.32 Å². The minimum atomic E-state index is -0.274. The molecule has 0 amide bonds. The fourth-order valence-electron chi connectivity index (χ4n) is 2.53. The highest BCUT2D eigenvalue weighted by Gasteiger charge is 2.23. The van der Waals surface area contributed by atoms with E-state index in [4.69, 9.17) is 0 Å². The second-order valence-electron chi connectivity index (χ2n) is 5.07. The molecule has 5 heteroatoms. The average molecular weight is 370 g/mol. The summed E-state index contributed by atoms with van der Waals surface area (Å²) in [7, 11) is 0. The van der Waals surface area contributed by atoms with Crippen molar-refractivity contribution in [3.63, 3.8) is 0 Å². The molecule has 1 aliphatic rings. The first kappa shape index (κ1) is 14.9. The van der Waals surface area contributed by atoms with E-state index in [9.17, 15) is 8.78 Å². The molecule has 1 aliphatic heterocycles. The number of hydrogen-bond donors (Lipinski definition) is 1. The summed E-state index contributed by atoms with van der Waals surface area (Å²) in [4.78, 5) is 0.722. The Bertz CT molecular complexity index is 690. The third kappa shape index (κ3) is 2.94. The number of anilines is 1. The summed E-state index contributed by atoms with van der Waals surface area (Å²) in [6.07, 6.45) is 0.912. The van der Waals surface area contributed by atoms with Crippen molar-refractivity contribution in [1.82, 2.24) is 0 Å². The van der Waals surface area contributed by atoms with Crippen LogP contribution in [0.4, 0.5) is 14.5 Å². The maximum absolute atomic E-state index is 13.9. The van der Waals surface area contributed by atoms with E-state index in [2.05, 4.69) is 21.2 Å². The fraction of sp³-hybridized carbons (Fsp3) is 0.250. The molecule has 21 heavy (non-hydrogen) atoms. The molecule has 0 radical (unpaired) electrons. The number of benzene rings is 2.